The number of nitrogens with zero attached hydrogens (tertiary/aromatic N) is 1. The van der Waals surface area contributed by atoms with Crippen molar-refractivity contribution >= 4 is 18.0 Å². The summed E-state index contributed by atoms with van der Waals surface area (Å²) in [5.41, 5.74) is 0.00844. The molecule has 0 radical (unpaired) electrons. The largest absolute Gasteiger partial charge is 0.497 e. The first-order valence-corrected chi connectivity index (χ1v) is 10.5. The van der Waals surface area contributed by atoms with Gasteiger partial charge in [0.2, 0.25) is 0 Å². The summed E-state index contributed by atoms with van der Waals surface area (Å²) in [6.45, 7) is 5.18. The van der Waals surface area contributed by atoms with Crippen molar-refractivity contribution in [2.24, 2.45) is 0 Å². The number of esters is 2. The molecule has 1 aliphatic rings. The van der Waals surface area contributed by atoms with Gasteiger partial charge >= 0.3 is 18.0 Å². The van der Waals surface area contributed by atoms with Gasteiger partial charge in [-0.1, -0.05) is 12.1 Å². The highest BCUT2D eigenvalue weighted by Gasteiger charge is 2.34. The van der Waals surface area contributed by atoms with Gasteiger partial charge in [-0.05, 0) is 64.2 Å². The first-order valence-electron chi connectivity index (χ1n) is 10.5. The van der Waals surface area contributed by atoms with Gasteiger partial charge in [0.1, 0.15) is 30.1 Å². The summed E-state index contributed by atoms with van der Waals surface area (Å²) in [5.74, 6) is -0.548. The minimum Gasteiger partial charge on any atom is -0.497 e. The monoisotopic (exact) mass is 435 g/mol. The van der Waals surface area contributed by atoms with Gasteiger partial charge in [0.05, 0.1) is 13.5 Å². The molecule has 1 aromatic rings. The van der Waals surface area contributed by atoms with Crippen LogP contribution in [0.4, 0.5) is 4.79 Å². The van der Waals surface area contributed by atoms with E-state index in [-0.39, 0.29) is 19.1 Å². The summed E-state index contributed by atoms with van der Waals surface area (Å²) in [6, 6.07) is 5.90. The zero-order valence-corrected chi connectivity index (χ0v) is 19.0. The van der Waals surface area contributed by atoms with Crippen LogP contribution in [0.3, 0.4) is 0 Å². The van der Waals surface area contributed by atoms with E-state index in [0.717, 1.165) is 36.1 Å². The fourth-order valence-electron chi connectivity index (χ4n) is 3.21. The van der Waals surface area contributed by atoms with Crippen LogP contribution in [0.25, 0.3) is 0 Å². The second-order valence-electron chi connectivity index (χ2n) is 8.66. The number of likely N-dealkylation sites (N-methyl/N-ethyl adjacent to an activating group) is 1. The predicted molar refractivity (Wildman–Crippen MR) is 114 cm³/mol. The van der Waals surface area contributed by atoms with E-state index in [9.17, 15) is 14.4 Å². The maximum absolute atomic E-state index is 12.8. The fraction of sp³-hybridized carbons (Fsp3) is 0.609. The standard InChI is InChI=1S/C23H33NO7/c1-23(2,3)31-22(27)24(4)19(14-20(25)30-18-8-6-7-9-18)21(26)29-15-16-10-12-17(28-5)13-11-16/h10-13,18-19H,6-9,14-15H2,1-5H3/t19-/m0/s1. The molecule has 0 bridgehead atoms. The molecule has 1 saturated carbocycles. The Balaban J connectivity index is 2.05. The van der Waals surface area contributed by atoms with Crippen molar-refractivity contribution in [3.8, 4) is 5.75 Å². The first kappa shape index (κ1) is 24.5. The lowest BCUT2D eigenvalue weighted by molar-refractivity contribution is -0.159. The second-order valence-corrected chi connectivity index (χ2v) is 8.66. The molecule has 0 aliphatic heterocycles. The highest BCUT2D eigenvalue weighted by molar-refractivity contribution is 5.86. The fourth-order valence-corrected chi connectivity index (χ4v) is 3.21. The Labute approximate surface area is 183 Å². The number of amides is 1. The highest BCUT2D eigenvalue weighted by atomic mass is 16.6. The smallest absolute Gasteiger partial charge is 0.410 e. The van der Waals surface area contributed by atoms with Crippen LogP contribution >= 0.6 is 0 Å². The Morgan fingerprint density at radius 3 is 2.26 bits per heavy atom. The third-order valence-electron chi connectivity index (χ3n) is 4.92. The molecule has 2 rings (SSSR count). The average molecular weight is 436 g/mol. The van der Waals surface area contributed by atoms with Gasteiger partial charge in [0.25, 0.3) is 0 Å². The molecule has 8 nitrogen and oxygen atoms in total. The van der Waals surface area contributed by atoms with Crippen LogP contribution in [0.2, 0.25) is 0 Å². The molecule has 172 valence electrons. The lowest BCUT2D eigenvalue weighted by atomic mass is 10.1. The van der Waals surface area contributed by atoms with Crippen molar-refractivity contribution in [1.82, 2.24) is 4.90 Å². The zero-order chi connectivity index (χ0) is 23.0. The van der Waals surface area contributed by atoms with E-state index in [2.05, 4.69) is 0 Å². The van der Waals surface area contributed by atoms with E-state index >= 15 is 0 Å². The average Bonchev–Trinajstić information content (AvgIpc) is 3.21. The molecule has 1 atom stereocenters. The number of hydrogen-bond acceptors (Lipinski definition) is 7. The van der Waals surface area contributed by atoms with Crippen molar-refractivity contribution in [3.05, 3.63) is 29.8 Å². The van der Waals surface area contributed by atoms with Crippen molar-refractivity contribution in [1.29, 1.82) is 0 Å². The summed E-state index contributed by atoms with van der Waals surface area (Å²) < 4.78 is 21.3. The molecule has 0 unspecified atom stereocenters. The Kier molecular flexibility index (Phi) is 8.71. The minimum absolute atomic E-state index is 0.000835. The van der Waals surface area contributed by atoms with Crippen LogP contribution in [0.15, 0.2) is 24.3 Å². The van der Waals surface area contributed by atoms with Gasteiger partial charge in [-0.15, -0.1) is 0 Å². The van der Waals surface area contributed by atoms with Gasteiger partial charge in [-0.25, -0.2) is 9.59 Å². The molecule has 0 aromatic heterocycles. The summed E-state index contributed by atoms with van der Waals surface area (Å²) in [7, 11) is 2.98. The van der Waals surface area contributed by atoms with Gasteiger partial charge in [-0.2, -0.15) is 0 Å². The Morgan fingerprint density at radius 2 is 1.71 bits per heavy atom. The number of methoxy groups -OCH3 is 1. The van der Waals surface area contributed by atoms with Crippen molar-refractivity contribution in [2.75, 3.05) is 14.2 Å². The lowest BCUT2D eigenvalue weighted by Gasteiger charge is -2.29. The molecule has 1 aliphatic carbocycles. The van der Waals surface area contributed by atoms with E-state index in [1.54, 1.807) is 52.1 Å². The van der Waals surface area contributed by atoms with Crippen LogP contribution < -0.4 is 4.74 Å². The van der Waals surface area contributed by atoms with E-state index in [4.69, 9.17) is 18.9 Å². The van der Waals surface area contributed by atoms with E-state index in [1.165, 1.54) is 7.05 Å². The Bertz CT molecular complexity index is 748. The number of ether oxygens (including phenoxy) is 4. The van der Waals surface area contributed by atoms with E-state index < -0.39 is 29.7 Å². The van der Waals surface area contributed by atoms with E-state index in [1.807, 2.05) is 0 Å². The second kappa shape index (κ2) is 11.0. The van der Waals surface area contributed by atoms with Gasteiger partial charge in [0.15, 0.2) is 0 Å². The molecule has 0 saturated heterocycles. The number of benzene rings is 1. The summed E-state index contributed by atoms with van der Waals surface area (Å²) in [4.78, 5) is 38.9. The third kappa shape index (κ3) is 8.11. The SMILES string of the molecule is COc1ccc(COC(=O)[C@H](CC(=O)OC2CCCC2)N(C)C(=O)OC(C)(C)C)cc1. The predicted octanol–water partition coefficient (Wildman–Crippen LogP) is 3.85. The molecule has 0 heterocycles. The molecule has 8 heteroatoms. The van der Waals surface area contributed by atoms with Crippen LogP contribution in [-0.4, -0.2) is 54.8 Å². The summed E-state index contributed by atoms with van der Waals surface area (Å²) in [5, 5.41) is 0. The molecule has 1 fully saturated rings. The topological polar surface area (TPSA) is 91.4 Å². The molecule has 1 amide bonds. The maximum Gasteiger partial charge on any atom is 0.410 e. The Hall–Kier alpha value is -2.77. The quantitative estimate of drug-likeness (QED) is 0.452. The highest BCUT2D eigenvalue weighted by Crippen LogP contribution is 2.22. The molecule has 0 spiro atoms. The van der Waals surface area contributed by atoms with Gasteiger partial charge in [0, 0.05) is 7.05 Å². The third-order valence-corrected chi connectivity index (χ3v) is 4.92. The van der Waals surface area contributed by atoms with E-state index in [0.29, 0.717) is 5.75 Å². The molecule has 1 aromatic carbocycles. The van der Waals surface area contributed by atoms with Gasteiger partial charge in [-0.3, -0.25) is 9.69 Å². The van der Waals surface area contributed by atoms with Crippen molar-refractivity contribution in [2.45, 2.75) is 77.2 Å². The van der Waals surface area contributed by atoms with Crippen LogP contribution in [0, 0.1) is 0 Å². The summed E-state index contributed by atoms with van der Waals surface area (Å²) in [6.07, 6.45) is 2.53. The van der Waals surface area contributed by atoms with Crippen molar-refractivity contribution < 1.29 is 33.3 Å². The normalized spacial score (nSPS) is 15.1. The maximum atomic E-state index is 12.8. The van der Waals surface area contributed by atoms with Crippen LogP contribution in [0.1, 0.15) is 58.4 Å². The number of rotatable bonds is 8. The van der Waals surface area contributed by atoms with Gasteiger partial charge < -0.3 is 18.9 Å². The minimum atomic E-state index is -1.15. The van der Waals surface area contributed by atoms with Crippen LogP contribution in [0.5, 0.6) is 5.75 Å². The van der Waals surface area contributed by atoms with Crippen molar-refractivity contribution in [3.63, 3.8) is 0 Å². The first-order chi connectivity index (χ1) is 14.6. The molecule has 0 N–H and O–H groups in total. The number of carbonyl (C=O) groups is 3. The summed E-state index contributed by atoms with van der Waals surface area (Å²) >= 11 is 0. The number of carbonyl (C=O) groups excluding carboxylic acids is 3. The Morgan fingerprint density at radius 1 is 1.10 bits per heavy atom. The zero-order valence-electron chi connectivity index (χ0n) is 19.0. The molecule has 31 heavy (non-hydrogen) atoms. The van der Waals surface area contributed by atoms with Crippen LogP contribution in [-0.2, 0) is 30.4 Å². The molecular weight excluding hydrogens is 402 g/mol. The number of hydrogen-bond donors (Lipinski definition) is 0. The molecular formula is C23H33NO7. The lowest BCUT2D eigenvalue weighted by Crippen LogP contribution is -2.46.